The highest BCUT2D eigenvalue weighted by atomic mass is 32.2. The van der Waals surface area contributed by atoms with Crippen LogP contribution in [-0.4, -0.2) is 40.1 Å². The molecular weight excluding hydrogens is 491 g/mol. The van der Waals surface area contributed by atoms with Crippen LogP contribution in [0.3, 0.4) is 0 Å². The number of amides is 2. The molecule has 0 fully saturated rings. The Balaban J connectivity index is 1.34. The van der Waals surface area contributed by atoms with Crippen LogP contribution >= 0.6 is 11.8 Å². The van der Waals surface area contributed by atoms with Crippen LogP contribution in [0, 0.1) is 12.7 Å². The number of rotatable bonds is 6. The Morgan fingerprint density at radius 3 is 2.62 bits per heavy atom. The second kappa shape index (κ2) is 10.6. The van der Waals surface area contributed by atoms with Crippen LogP contribution in [0.2, 0.25) is 0 Å². The number of ether oxygens (including phenoxy) is 1. The fourth-order valence-electron chi connectivity index (χ4n) is 4.24. The Morgan fingerprint density at radius 2 is 1.89 bits per heavy atom. The number of hydrogen-bond donors (Lipinski definition) is 1. The summed E-state index contributed by atoms with van der Waals surface area (Å²) in [7, 11) is 1.55. The lowest BCUT2D eigenvalue weighted by Gasteiger charge is -2.23. The molecule has 2 amide bonds. The average molecular weight is 517 g/mol. The molecule has 37 heavy (non-hydrogen) atoms. The van der Waals surface area contributed by atoms with Crippen molar-refractivity contribution in [1.82, 2.24) is 5.01 Å². The quantitative estimate of drug-likeness (QED) is 0.480. The maximum atomic E-state index is 13.6. The highest BCUT2D eigenvalue weighted by Gasteiger charge is 2.39. The molecule has 2 atom stereocenters. The molecule has 0 unspecified atom stereocenters. The minimum Gasteiger partial charge on any atom is -0.497 e. The number of amidine groups is 1. The van der Waals surface area contributed by atoms with E-state index < -0.39 is 5.25 Å². The first-order chi connectivity index (χ1) is 17.9. The van der Waals surface area contributed by atoms with Crippen molar-refractivity contribution in [3.8, 4) is 5.75 Å². The number of aryl methyl sites for hydroxylation is 1. The van der Waals surface area contributed by atoms with Crippen molar-refractivity contribution in [1.29, 1.82) is 0 Å². The van der Waals surface area contributed by atoms with Crippen LogP contribution in [0.25, 0.3) is 0 Å². The molecule has 2 aliphatic rings. The summed E-state index contributed by atoms with van der Waals surface area (Å²) in [5.74, 6) is -0.371. The summed E-state index contributed by atoms with van der Waals surface area (Å²) in [5.41, 5.74) is 4.42. The maximum Gasteiger partial charge on any atom is 0.262 e. The summed E-state index contributed by atoms with van der Waals surface area (Å²) in [6, 6.07) is 21.1. The molecule has 3 aromatic carbocycles. The summed E-state index contributed by atoms with van der Waals surface area (Å²) in [6.45, 7) is 2.02. The lowest BCUT2D eigenvalue weighted by Crippen LogP contribution is -2.25. The Morgan fingerprint density at radius 1 is 1.14 bits per heavy atom. The zero-order valence-corrected chi connectivity index (χ0v) is 21.2. The second-order valence-electron chi connectivity index (χ2n) is 8.85. The topological polar surface area (TPSA) is 83.4 Å². The van der Waals surface area contributed by atoms with Crippen LogP contribution in [-0.2, 0) is 9.59 Å². The van der Waals surface area contributed by atoms with E-state index in [2.05, 4.69) is 10.3 Å². The van der Waals surface area contributed by atoms with E-state index in [-0.39, 0.29) is 30.1 Å². The van der Waals surface area contributed by atoms with E-state index in [0.717, 1.165) is 22.4 Å². The van der Waals surface area contributed by atoms with Crippen LogP contribution in [0.4, 0.5) is 10.1 Å². The molecule has 0 aromatic heterocycles. The number of halogens is 1. The highest BCUT2D eigenvalue weighted by molar-refractivity contribution is 8.15. The molecule has 5 rings (SSSR count). The van der Waals surface area contributed by atoms with Gasteiger partial charge in [0, 0.05) is 24.6 Å². The van der Waals surface area contributed by atoms with Crippen molar-refractivity contribution in [3.63, 3.8) is 0 Å². The summed E-state index contributed by atoms with van der Waals surface area (Å²) in [4.78, 5) is 29.7. The highest BCUT2D eigenvalue weighted by Crippen LogP contribution is 2.38. The van der Waals surface area contributed by atoms with E-state index in [1.165, 1.54) is 23.9 Å². The maximum absolute atomic E-state index is 13.6. The van der Waals surface area contributed by atoms with Gasteiger partial charge in [0.25, 0.3) is 5.91 Å². The fraction of sp³-hybridized carbons (Fsp3) is 0.214. The first-order valence-electron chi connectivity index (χ1n) is 11.8. The van der Waals surface area contributed by atoms with Gasteiger partial charge in [-0.1, -0.05) is 59.8 Å². The lowest BCUT2D eigenvalue weighted by atomic mass is 9.98. The van der Waals surface area contributed by atoms with Gasteiger partial charge in [-0.05, 0) is 42.3 Å². The molecule has 2 aliphatic heterocycles. The number of anilines is 1. The normalized spacial score (nSPS) is 19.0. The zero-order valence-electron chi connectivity index (χ0n) is 20.3. The Kier molecular flexibility index (Phi) is 7.05. The monoisotopic (exact) mass is 516 g/mol. The molecule has 2 heterocycles. The fourth-order valence-corrected chi connectivity index (χ4v) is 5.30. The van der Waals surface area contributed by atoms with Crippen molar-refractivity contribution in [2.24, 2.45) is 10.1 Å². The van der Waals surface area contributed by atoms with Crippen molar-refractivity contribution >= 4 is 40.1 Å². The van der Waals surface area contributed by atoms with Gasteiger partial charge >= 0.3 is 0 Å². The number of hydrogen-bond acceptors (Lipinski definition) is 6. The molecule has 0 radical (unpaired) electrons. The second-order valence-corrected chi connectivity index (χ2v) is 10.0. The van der Waals surface area contributed by atoms with Gasteiger partial charge in [0.2, 0.25) is 5.91 Å². The first kappa shape index (κ1) is 24.7. The van der Waals surface area contributed by atoms with Gasteiger partial charge in [0.05, 0.1) is 18.9 Å². The van der Waals surface area contributed by atoms with Gasteiger partial charge in [-0.3, -0.25) is 9.59 Å². The third-order valence-corrected chi connectivity index (χ3v) is 7.34. The number of nitrogens with one attached hydrogen (secondary N) is 1. The average Bonchev–Trinajstić information content (AvgIpc) is 3.49. The summed E-state index contributed by atoms with van der Waals surface area (Å²) in [5, 5.41) is 9.13. The Hall–Kier alpha value is -3.98. The number of thioether (sulfide) groups is 1. The number of carbonyl (C=O) groups excluding carboxylic acids is 2. The molecular formula is C28H25FN4O3S. The van der Waals surface area contributed by atoms with Gasteiger partial charge in [-0.15, -0.1) is 0 Å². The van der Waals surface area contributed by atoms with Crippen LogP contribution in [0.5, 0.6) is 5.75 Å². The minimum absolute atomic E-state index is 0.0305. The third kappa shape index (κ3) is 5.56. The number of carbonyl (C=O) groups is 2. The predicted octanol–water partition coefficient (Wildman–Crippen LogP) is 5.32. The molecule has 0 spiro atoms. The number of aliphatic imine (C=N–C) groups is 1. The molecule has 0 saturated carbocycles. The van der Waals surface area contributed by atoms with Gasteiger partial charge in [0.15, 0.2) is 5.17 Å². The van der Waals surface area contributed by atoms with Gasteiger partial charge in [0.1, 0.15) is 16.8 Å². The predicted molar refractivity (Wildman–Crippen MR) is 143 cm³/mol. The van der Waals surface area contributed by atoms with Crippen molar-refractivity contribution in [2.75, 3.05) is 12.4 Å². The molecule has 1 N–H and O–H groups in total. The van der Waals surface area contributed by atoms with Gasteiger partial charge in [-0.25, -0.2) is 9.40 Å². The summed E-state index contributed by atoms with van der Waals surface area (Å²) < 4.78 is 18.8. The van der Waals surface area contributed by atoms with Gasteiger partial charge < -0.3 is 10.1 Å². The molecule has 188 valence electrons. The van der Waals surface area contributed by atoms with E-state index >= 15 is 0 Å². The van der Waals surface area contributed by atoms with E-state index in [1.54, 1.807) is 48.5 Å². The number of benzene rings is 3. The molecule has 7 nitrogen and oxygen atoms in total. The minimum atomic E-state index is -0.659. The van der Waals surface area contributed by atoms with Crippen molar-refractivity contribution in [2.45, 2.75) is 31.1 Å². The first-order valence-corrected chi connectivity index (χ1v) is 12.7. The third-order valence-electron chi connectivity index (χ3n) is 6.20. The zero-order chi connectivity index (χ0) is 25.9. The lowest BCUT2D eigenvalue weighted by molar-refractivity contribution is -0.121. The summed E-state index contributed by atoms with van der Waals surface area (Å²) >= 11 is 1.22. The molecule has 9 heteroatoms. The summed E-state index contributed by atoms with van der Waals surface area (Å²) in [6.07, 6.45) is 0.542. The van der Waals surface area contributed by atoms with E-state index in [9.17, 15) is 14.0 Å². The molecule has 0 aliphatic carbocycles. The Bertz CT molecular complexity index is 1390. The van der Waals surface area contributed by atoms with E-state index in [1.807, 2.05) is 31.2 Å². The van der Waals surface area contributed by atoms with Crippen molar-refractivity contribution < 1.29 is 18.7 Å². The number of hydrazone groups is 1. The largest absolute Gasteiger partial charge is 0.497 e. The SMILES string of the molecule is COc1cccc(NC(=O)C[C@H]2SC(N3N=C(c4ccc(C)cc4)C[C@H]3c3ccc(F)cc3)=NC2=O)c1. The molecule has 0 bridgehead atoms. The smallest absolute Gasteiger partial charge is 0.262 e. The van der Waals surface area contributed by atoms with E-state index in [0.29, 0.717) is 23.0 Å². The number of methoxy groups -OCH3 is 1. The standard InChI is InChI=1S/C28H25FN4O3S/c1-17-6-8-18(9-7-17)23-15-24(19-10-12-20(29)13-11-19)33(32-23)28-31-27(35)25(37-28)16-26(34)30-21-4-3-5-22(14-21)36-2/h3-14,24-25H,15-16H2,1-2H3,(H,30,34)/t24-,25+/m0/s1. The molecule has 0 saturated heterocycles. The van der Waals surface area contributed by atoms with Crippen molar-refractivity contribution in [3.05, 3.63) is 95.3 Å². The number of nitrogens with zero attached hydrogens (tertiary/aromatic N) is 3. The van der Waals surface area contributed by atoms with Crippen LogP contribution < -0.4 is 10.1 Å². The Labute approximate surface area is 218 Å². The van der Waals surface area contributed by atoms with Crippen LogP contribution in [0.15, 0.2) is 82.9 Å². The van der Waals surface area contributed by atoms with E-state index in [4.69, 9.17) is 9.84 Å². The molecule has 3 aromatic rings. The van der Waals surface area contributed by atoms with Gasteiger partial charge in [-0.2, -0.15) is 10.1 Å². The van der Waals surface area contributed by atoms with Crippen LogP contribution in [0.1, 0.15) is 35.6 Å².